The van der Waals surface area contributed by atoms with Crippen molar-refractivity contribution in [2.75, 3.05) is 0 Å². The van der Waals surface area contributed by atoms with Gasteiger partial charge in [-0.1, -0.05) is 31.2 Å². The monoisotopic (exact) mass is 227 g/mol. The quantitative estimate of drug-likeness (QED) is 0.812. The molecule has 1 N–H and O–H groups in total. The number of rotatable bonds is 1. The molecular weight excluding hydrogens is 210 g/mol. The highest BCUT2D eigenvalue weighted by atomic mass is 16.3. The number of aliphatic hydroxyl groups is 1. The van der Waals surface area contributed by atoms with E-state index in [0.29, 0.717) is 0 Å². The van der Waals surface area contributed by atoms with Crippen molar-refractivity contribution in [1.82, 2.24) is 4.98 Å². The molecule has 17 heavy (non-hydrogen) atoms. The Morgan fingerprint density at radius 3 is 2.88 bits per heavy atom. The molecule has 0 aliphatic heterocycles. The second kappa shape index (κ2) is 3.81. The number of para-hydroxylation sites is 1. The van der Waals surface area contributed by atoms with E-state index in [4.69, 9.17) is 0 Å². The van der Waals surface area contributed by atoms with Gasteiger partial charge in [0.15, 0.2) is 0 Å². The van der Waals surface area contributed by atoms with E-state index >= 15 is 0 Å². The Kier molecular flexibility index (Phi) is 2.40. The predicted molar refractivity (Wildman–Crippen MR) is 69.0 cm³/mol. The van der Waals surface area contributed by atoms with Crippen molar-refractivity contribution in [2.45, 2.75) is 37.7 Å². The van der Waals surface area contributed by atoms with Gasteiger partial charge in [0.2, 0.25) is 0 Å². The Bertz CT molecular complexity index is 546. The topological polar surface area (TPSA) is 33.1 Å². The summed E-state index contributed by atoms with van der Waals surface area (Å²) >= 11 is 0. The minimum Gasteiger partial charge on any atom is -0.393 e. The standard InChI is InChI=1S/C15H17NO/c1-15(8-7-12(17)10-15)13-6-2-4-11-5-3-9-16-14(11)13/h2-6,9,12,17H,7-8,10H2,1H3. The zero-order valence-electron chi connectivity index (χ0n) is 10.1. The Morgan fingerprint density at radius 1 is 1.29 bits per heavy atom. The number of benzene rings is 1. The third-order valence-electron chi connectivity index (χ3n) is 4.00. The molecule has 1 aliphatic carbocycles. The van der Waals surface area contributed by atoms with Crippen molar-refractivity contribution >= 4 is 10.9 Å². The zero-order valence-corrected chi connectivity index (χ0v) is 10.1. The summed E-state index contributed by atoms with van der Waals surface area (Å²) in [7, 11) is 0. The average Bonchev–Trinajstić information content (AvgIpc) is 2.70. The van der Waals surface area contributed by atoms with Gasteiger partial charge in [-0.25, -0.2) is 0 Å². The van der Waals surface area contributed by atoms with Gasteiger partial charge in [-0.15, -0.1) is 0 Å². The van der Waals surface area contributed by atoms with Crippen LogP contribution in [0.15, 0.2) is 36.5 Å². The Labute approximate surface area is 101 Å². The van der Waals surface area contributed by atoms with Crippen LogP contribution in [0.2, 0.25) is 0 Å². The van der Waals surface area contributed by atoms with Crippen LogP contribution in [-0.4, -0.2) is 16.2 Å². The fraction of sp³-hybridized carbons (Fsp3) is 0.400. The first-order valence-electron chi connectivity index (χ1n) is 6.21. The van der Waals surface area contributed by atoms with Crippen LogP contribution >= 0.6 is 0 Å². The fourth-order valence-corrected chi connectivity index (χ4v) is 3.05. The normalized spacial score (nSPS) is 28.7. The lowest BCUT2D eigenvalue weighted by atomic mass is 9.80. The van der Waals surface area contributed by atoms with Crippen LogP contribution in [0, 0.1) is 0 Å². The number of pyridine rings is 1. The molecule has 2 unspecified atom stereocenters. The first-order chi connectivity index (χ1) is 8.19. The van der Waals surface area contributed by atoms with Crippen molar-refractivity contribution in [3.63, 3.8) is 0 Å². The molecule has 1 saturated carbocycles. The van der Waals surface area contributed by atoms with Crippen LogP contribution < -0.4 is 0 Å². The smallest absolute Gasteiger partial charge is 0.0739 e. The van der Waals surface area contributed by atoms with Gasteiger partial charge in [0.25, 0.3) is 0 Å². The second-order valence-corrected chi connectivity index (χ2v) is 5.34. The molecule has 88 valence electrons. The van der Waals surface area contributed by atoms with Crippen LogP contribution in [0.25, 0.3) is 10.9 Å². The molecule has 0 spiro atoms. The fourth-order valence-electron chi connectivity index (χ4n) is 3.05. The summed E-state index contributed by atoms with van der Waals surface area (Å²) in [6, 6.07) is 10.4. The lowest BCUT2D eigenvalue weighted by Gasteiger charge is -2.25. The maximum absolute atomic E-state index is 9.78. The molecule has 0 bridgehead atoms. The Balaban J connectivity index is 2.17. The third-order valence-corrected chi connectivity index (χ3v) is 4.00. The summed E-state index contributed by atoms with van der Waals surface area (Å²) in [6.07, 6.45) is 4.49. The lowest BCUT2D eigenvalue weighted by Crippen LogP contribution is -2.19. The van der Waals surface area contributed by atoms with E-state index in [0.717, 1.165) is 24.8 Å². The minimum absolute atomic E-state index is 0.0767. The number of hydrogen-bond acceptors (Lipinski definition) is 2. The minimum atomic E-state index is -0.154. The summed E-state index contributed by atoms with van der Waals surface area (Å²) in [5.41, 5.74) is 2.45. The summed E-state index contributed by atoms with van der Waals surface area (Å²) in [5.74, 6) is 0. The van der Waals surface area contributed by atoms with Crippen LogP contribution in [0.5, 0.6) is 0 Å². The molecule has 0 amide bonds. The van der Waals surface area contributed by atoms with Gasteiger partial charge in [0, 0.05) is 11.6 Å². The predicted octanol–water partition coefficient (Wildman–Crippen LogP) is 3.04. The van der Waals surface area contributed by atoms with Crippen molar-refractivity contribution in [3.05, 3.63) is 42.1 Å². The molecule has 1 aromatic carbocycles. The molecule has 0 saturated heterocycles. The molecule has 2 nitrogen and oxygen atoms in total. The van der Waals surface area contributed by atoms with Crippen molar-refractivity contribution in [3.8, 4) is 0 Å². The van der Waals surface area contributed by atoms with Crippen LogP contribution in [0.1, 0.15) is 31.7 Å². The van der Waals surface area contributed by atoms with E-state index < -0.39 is 0 Å². The maximum atomic E-state index is 9.78. The molecule has 2 heteroatoms. The van der Waals surface area contributed by atoms with E-state index in [1.54, 1.807) is 0 Å². The molecule has 1 aliphatic rings. The highest BCUT2D eigenvalue weighted by Gasteiger charge is 2.36. The van der Waals surface area contributed by atoms with Gasteiger partial charge in [-0.3, -0.25) is 4.98 Å². The maximum Gasteiger partial charge on any atom is 0.0739 e. The number of aliphatic hydroxyl groups excluding tert-OH is 1. The lowest BCUT2D eigenvalue weighted by molar-refractivity contribution is 0.175. The molecule has 2 atom stereocenters. The number of fused-ring (bicyclic) bond motifs is 1. The number of nitrogens with zero attached hydrogens (tertiary/aromatic N) is 1. The van der Waals surface area contributed by atoms with E-state index in [-0.39, 0.29) is 11.5 Å². The summed E-state index contributed by atoms with van der Waals surface area (Å²) in [6.45, 7) is 2.24. The van der Waals surface area contributed by atoms with Gasteiger partial charge < -0.3 is 5.11 Å². The Morgan fingerprint density at radius 2 is 2.12 bits per heavy atom. The largest absolute Gasteiger partial charge is 0.393 e. The highest BCUT2D eigenvalue weighted by molar-refractivity contribution is 5.82. The van der Waals surface area contributed by atoms with E-state index in [1.807, 2.05) is 12.3 Å². The summed E-state index contributed by atoms with van der Waals surface area (Å²) in [4.78, 5) is 4.51. The van der Waals surface area contributed by atoms with Crippen molar-refractivity contribution in [1.29, 1.82) is 0 Å². The Hall–Kier alpha value is -1.41. The summed E-state index contributed by atoms with van der Waals surface area (Å²) in [5, 5.41) is 11.0. The van der Waals surface area contributed by atoms with E-state index in [9.17, 15) is 5.11 Å². The molecular formula is C15H17NO. The molecule has 3 rings (SSSR count). The van der Waals surface area contributed by atoms with Gasteiger partial charge in [0.1, 0.15) is 0 Å². The number of hydrogen-bond donors (Lipinski definition) is 1. The van der Waals surface area contributed by atoms with E-state index in [2.05, 4.69) is 36.2 Å². The highest BCUT2D eigenvalue weighted by Crippen LogP contribution is 2.42. The molecule has 1 aromatic heterocycles. The van der Waals surface area contributed by atoms with E-state index in [1.165, 1.54) is 10.9 Å². The van der Waals surface area contributed by atoms with Gasteiger partial charge in [-0.2, -0.15) is 0 Å². The van der Waals surface area contributed by atoms with Crippen molar-refractivity contribution < 1.29 is 5.11 Å². The molecule has 0 radical (unpaired) electrons. The molecule has 2 aromatic rings. The third kappa shape index (κ3) is 1.73. The second-order valence-electron chi connectivity index (χ2n) is 5.34. The van der Waals surface area contributed by atoms with Crippen LogP contribution in [0.4, 0.5) is 0 Å². The first-order valence-corrected chi connectivity index (χ1v) is 6.21. The van der Waals surface area contributed by atoms with Crippen LogP contribution in [0.3, 0.4) is 0 Å². The SMILES string of the molecule is CC1(c2cccc3cccnc23)CCC(O)C1. The average molecular weight is 227 g/mol. The van der Waals surface area contributed by atoms with Gasteiger partial charge in [-0.05, 0) is 36.3 Å². The van der Waals surface area contributed by atoms with Crippen molar-refractivity contribution in [2.24, 2.45) is 0 Å². The molecule has 1 heterocycles. The van der Waals surface area contributed by atoms with Gasteiger partial charge >= 0.3 is 0 Å². The van der Waals surface area contributed by atoms with Gasteiger partial charge in [0.05, 0.1) is 11.6 Å². The summed E-state index contributed by atoms with van der Waals surface area (Å²) < 4.78 is 0. The first kappa shape index (κ1) is 10.7. The molecule has 1 fully saturated rings. The van der Waals surface area contributed by atoms with Crippen LogP contribution in [-0.2, 0) is 5.41 Å². The zero-order chi connectivity index (χ0) is 11.9. The number of aromatic nitrogens is 1.